The van der Waals surface area contributed by atoms with Crippen LogP contribution in [-0.2, 0) is 19.7 Å². The molecular formula is C32H38N2O7. The van der Waals surface area contributed by atoms with Gasteiger partial charge in [-0.2, -0.15) is 0 Å². The van der Waals surface area contributed by atoms with Crippen LogP contribution < -0.4 is 14.4 Å². The van der Waals surface area contributed by atoms with Crippen LogP contribution >= 0.6 is 0 Å². The van der Waals surface area contributed by atoms with E-state index in [0.29, 0.717) is 17.7 Å². The number of hydrogen-bond acceptors (Lipinski definition) is 9. The zero-order valence-corrected chi connectivity index (χ0v) is 24.3. The highest BCUT2D eigenvalue weighted by atomic mass is 16.6. The van der Waals surface area contributed by atoms with Crippen molar-refractivity contribution in [1.82, 2.24) is 4.90 Å². The number of rotatable bonds is 7. The maximum atomic E-state index is 13.3. The molecule has 2 aromatic rings. The Morgan fingerprint density at radius 1 is 1.05 bits per heavy atom. The van der Waals surface area contributed by atoms with Crippen molar-refractivity contribution in [2.45, 2.75) is 55.9 Å². The first-order valence-electron chi connectivity index (χ1n) is 14.2. The molecular weight excluding hydrogens is 524 g/mol. The Balaban J connectivity index is 1.51. The molecule has 0 radical (unpaired) electrons. The van der Waals surface area contributed by atoms with E-state index in [1.54, 1.807) is 38.5 Å². The van der Waals surface area contributed by atoms with Gasteiger partial charge in [-0.05, 0) is 55.3 Å². The lowest BCUT2D eigenvalue weighted by molar-refractivity contribution is -0.228. The molecule has 1 N–H and O–H groups in total. The standard InChI is InChI=1S/C32H38N2O7/c1-6-30-14-7-16-34-17-15-31(27(30)34)24-13-12-23(39-5)18-25(24)33(3)28(31)32(37,29(30)41-20(2)35)19-40-26(36)21-8-10-22(38-4)11-9-21/h7-14,18,27-29,37H,6,15-17,19H2,1-5H3/t27-,28+,29+,30?,31+,32-/m0/s1. The summed E-state index contributed by atoms with van der Waals surface area (Å²) < 4.78 is 22.8. The number of anilines is 1. The van der Waals surface area contributed by atoms with Crippen LogP contribution in [0, 0.1) is 5.41 Å². The van der Waals surface area contributed by atoms with Gasteiger partial charge in [0, 0.05) is 49.1 Å². The summed E-state index contributed by atoms with van der Waals surface area (Å²) in [6.07, 6.45) is 4.73. The van der Waals surface area contributed by atoms with Crippen LogP contribution in [0.4, 0.5) is 5.69 Å². The molecule has 2 aromatic carbocycles. The number of nitrogens with zero attached hydrogens (tertiary/aromatic N) is 2. The minimum Gasteiger partial charge on any atom is -0.497 e. The van der Waals surface area contributed by atoms with Crippen LogP contribution in [0.15, 0.2) is 54.6 Å². The van der Waals surface area contributed by atoms with E-state index in [9.17, 15) is 14.7 Å². The Bertz CT molecular complexity index is 1390. The fraction of sp³-hybridized carbons (Fsp3) is 0.500. The molecule has 3 aliphatic heterocycles. The molecule has 1 saturated carbocycles. The molecule has 218 valence electrons. The molecule has 3 heterocycles. The second-order valence-corrected chi connectivity index (χ2v) is 11.7. The summed E-state index contributed by atoms with van der Waals surface area (Å²) in [6, 6.07) is 12.2. The molecule has 4 aliphatic rings. The quantitative estimate of drug-likeness (QED) is 0.403. The number of aliphatic hydroxyl groups is 1. The van der Waals surface area contributed by atoms with Crippen LogP contribution in [0.1, 0.15) is 42.6 Å². The molecule has 1 saturated heterocycles. The molecule has 1 unspecified atom stereocenters. The van der Waals surface area contributed by atoms with Gasteiger partial charge in [0.15, 0.2) is 5.60 Å². The molecule has 0 amide bonds. The number of esters is 2. The van der Waals surface area contributed by atoms with Gasteiger partial charge >= 0.3 is 11.9 Å². The highest BCUT2D eigenvalue weighted by Gasteiger charge is 2.78. The SMILES string of the molecule is CCC12C=CCN3CC[C@@]4(c5ccc(OC)cc5N(C)[C@H]4[C@@](O)(COC(=O)c4ccc(OC)cc4)[C@@H]1OC(C)=O)[C@@H]32. The van der Waals surface area contributed by atoms with Crippen LogP contribution in [-0.4, -0.2) is 86.7 Å². The molecule has 6 rings (SSSR count). The average Bonchev–Trinajstić information content (AvgIpc) is 3.50. The number of methoxy groups -OCH3 is 2. The number of hydrogen-bond donors (Lipinski definition) is 1. The predicted molar refractivity (Wildman–Crippen MR) is 152 cm³/mol. The Labute approximate surface area is 240 Å². The average molecular weight is 563 g/mol. The third-order valence-electron chi connectivity index (χ3n) is 9.98. The van der Waals surface area contributed by atoms with Gasteiger partial charge in [0.1, 0.15) is 24.2 Å². The molecule has 0 bridgehead atoms. The van der Waals surface area contributed by atoms with Gasteiger partial charge in [-0.25, -0.2) is 4.79 Å². The zero-order chi connectivity index (χ0) is 29.2. The fourth-order valence-electron chi connectivity index (χ4n) is 8.60. The maximum Gasteiger partial charge on any atom is 0.338 e. The second-order valence-electron chi connectivity index (χ2n) is 11.7. The van der Waals surface area contributed by atoms with Gasteiger partial charge in [-0.15, -0.1) is 0 Å². The number of likely N-dealkylation sites (N-methyl/N-ethyl adjacent to an activating group) is 1. The van der Waals surface area contributed by atoms with Crippen LogP contribution in [0.3, 0.4) is 0 Å². The molecule has 2 fully saturated rings. The van der Waals surface area contributed by atoms with Crippen molar-refractivity contribution in [2.24, 2.45) is 5.41 Å². The van der Waals surface area contributed by atoms with E-state index in [1.165, 1.54) is 6.92 Å². The molecule has 0 aromatic heterocycles. The van der Waals surface area contributed by atoms with Gasteiger partial charge in [0.2, 0.25) is 0 Å². The lowest BCUT2D eigenvalue weighted by atomic mass is 9.48. The van der Waals surface area contributed by atoms with Gasteiger partial charge in [-0.1, -0.05) is 25.1 Å². The van der Waals surface area contributed by atoms with E-state index in [4.69, 9.17) is 18.9 Å². The summed E-state index contributed by atoms with van der Waals surface area (Å²) in [5, 5.41) is 13.0. The van der Waals surface area contributed by atoms with Crippen molar-refractivity contribution in [3.8, 4) is 11.5 Å². The van der Waals surface area contributed by atoms with Crippen molar-refractivity contribution < 1.29 is 33.6 Å². The second kappa shape index (κ2) is 9.77. The summed E-state index contributed by atoms with van der Waals surface area (Å²) in [6.45, 7) is 4.72. The summed E-state index contributed by atoms with van der Waals surface area (Å²) in [5.74, 6) is 0.280. The van der Waals surface area contributed by atoms with Crippen molar-refractivity contribution >= 4 is 17.6 Å². The summed E-state index contributed by atoms with van der Waals surface area (Å²) in [4.78, 5) is 30.5. The van der Waals surface area contributed by atoms with Gasteiger partial charge in [0.25, 0.3) is 0 Å². The molecule has 1 aliphatic carbocycles. The first-order valence-corrected chi connectivity index (χ1v) is 14.2. The van der Waals surface area contributed by atoms with Gasteiger partial charge in [-0.3, -0.25) is 9.69 Å². The lowest BCUT2D eigenvalue weighted by Crippen LogP contribution is -2.80. The van der Waals surface area contributed by atoms with Crippen molar-refractivity contribution in [3.05, 3.63) is 65.7 Å². The summed E-state index contributed by atoms with van der Waals surface area (Å²) >= 11 is 0. The summed E-state index contributed by atoms with van der Waals surface area (Å²) in [5.41, 5.74) is -0.523. The number of fused-ring (bicyclic) bond motifs is 1. The summed E-state index contributed by atoms with van der Waals surface area (Å²) in [7, 11) is 5.15. The van der Waals surface area contributed by atoms with E-state index in [1.807, 2.05) is 19.2 Å². The van der Waals surface area contributed by atoms with Gasteiger partial charge < -0.3 is 29.0 Å². The molecule has 41 heavy (non-hydrogen) atoms. The first kappa shape index (κ1) is 27.6. The van der Waals surface area contributed by atoms with Crippen molar-refractivity contribution in [1.29, 1.82) is 0 Å². The van der Waals surface area contributed by atoms with Crippen molar-refractivity contribution in [2.75, 3.05) is 45.9 Å². The highest BCUT2D eigenvalue weighted by molar-refractivity contribution is 5.89. The van der Waals surface area contributed by atoms with E-state index in [0.717, 1.165) is 36.5 Å². The monoisotopic (exact) mass is 562 g/mol. The van der Waals surface area contributed by atoms with Crippen LogP contribution in [0.25, 0.3) is 0 Å². The Hall–Kier alpha value is -3.56. The van der Waals surface area contributed by atoms with E-state index >= 15 is 0 Å². The first-order chi connectivity index (χ1) is 19.7. The minimum atomic E-state index is -1.74. The Morgan fingerprint density at radius 3 is 2.41 bits per heavy atom. The molecule has 9 nitrogen and oxygen atoms in total. The number of ether oxygens (including phenoxy) is 4. The highest BCUT2D eigenvalue weighted by Crippen LogP contribution is 2.67. The normalized spacial score (nSPS) is 33.0. The van der Waals surface area contributed by atoms with Crippen LogP contribution in [0.2, 0.25) is 0 Å². The minimum absolute atomic E-state index is 0.0333. The fourth-order valence-corrected chi connectivity index (χ4v) is 8.60. The largest absolute Gasteiger partial charge is 0.497 e. The van der Waals surface area contributed by atoms with E-state index < -0.39 is 40.5 Å². The van der Waals surface area contributed by atoms with Crippen molar-refractivity contribution in [3.63, 3.8) is 0 Å². The smallest absolute Gasteiger partial charge is 0.338 e. The van der Waals surface area contributed by atoms with Gasteiger partial charge in [0.05, 0.1) is 25.8 Å². The van der Waals surface area contributed by atoms with E-state index in [-0.39, 0.29) is 12.6 Å². The van der Waals surface area contributed by atoms with Crippen LogP contribution in [0.5, 0.6) is 11.5 Å². The molecule has 1 spiro atoms. The number of benzene rings is 2. The number of carbonyl (C=O) groups is 2. The lowest BCUT2D eigenvalue weighted by Gasteiger charge is -2.64. The molecule has 9 heteroatoms. The molecule has 6 atom stereocenters. The third-order valence-corrected chi connectivity index (χ3v) is 9.98. The van der Waals surface area contributed by atoms with E-state index in [2.05, 4.69) is 34.9 Å². The predicted octanol–water partition coefficient (Wildman–Crippen LogP) is 3.33. The topological polar surface area (TPSA) is 97.8 Å². The Kier molecular flexibility index (Phi) is 6.58. The maximum absolute atomic E-state index is 13.3. The zero-order valence-electron chi connectivity index (χ0n) is 24.3. The third kappa shape index (κ3) is 3.74. The number of carbonyl (C=O) groups excluding carboxylic acids is 2. The Morgan fingerprint density at radius 2 is 1.76 bits per heavy atom.